The van der Waals surface area contributed by atoms with Gasteiger partial charge < -0.3 is 21.0 Å². The van der Waals surface area contributed by atoms with Crippen LogP contribution >= 0.6 is 11.3 Å². The zero-order chi connectivity index (χ0) is 24.6. The number of carboxylic acid groups (broad SMARTS) is 1. The van der Waals surface area contributed by atoms with Crippen molar-refractivity contribution in [3.05, 3.63) is 46.2 Å². The monoisotopic (exact) mass is 506 g/mol. The van der Waals surface area contributed by atoms with Gasteiger partial charge in [0.25, 0.3) is 11.8 Å². The summed E-state index contributed by atoms with van der Waals surface area (Å²) in [5.41, 5.74) is 4.90. The summed E-state index contributed by atoms with van der Waals surface area (Å²) >= 11 is 1.08. The van der Waals surface area contributed by atoms with Crippen LogP contribution in [-0.4, -0.2) is 71.1 Å². The molecule has 2 atom stereocenters. The molecule has 0 unspecified atom stereocenters. The number of β-lactam (4-membered cyclic amide) rings is 1. The number of nitrogens with zero attached hydrogens (tertiary/aromatic N) is 4. The highest BCUT2D eigenvalue weighted by Gasteiger charge is 2.55. The minimum absolute atomic E-state index is 0.114. The molecule has 4 heterocycles. The van der Waals surface area contributed by atoms with E-state index in [1.807, 2.05) is 0 Å². The average molecular weight is 507 g/mol. The van der Waals surface area contributed by atoms with Gasteiger partial charge in [-0.1, -0.05) is 5.16 Å². The first kappa shape index (κ1) is 23.3. The fraction of sp³-hybridized carbons (Fsp3) is 0.263. The maximum absolute atomic E-state index is 13.0. The molecule has 178 valence electrons. The molecule has 2 amide bonds. The maximum atomic E-state index is 13.0. The van der Waals surface area contributed by atoms with Crippen LogP contribution in [0.2, 0.25) is 0 Å². The number of aromatic nitrogens is 2. The number of carbonyl (C=O) groups excluding carboxylic acids is 2. The summed E-state index contributed by atoms with van der Waals surface area (Å²) in [6, 6.07) is 0.876. The molecule has 0 aromatic carbocycles. The van der Waals surface area contributed by atoms with Gasteiger partial charge in [0.05, 0.1) is 15.8 Å². The van der Waals surface area contributed by atoms with Crippen LogP contribution in [0, 0.1) is 0 Å². The Morgan fingerprint density at radius 2 is 2.18 bits per heavy atom. The molecule has 15 heteroatoms. The van der Waals surface area contributed by atoms with Crippen LogP contribution in [0.4, 0.5) is 5.13 Å². The molecule has 34 heavy (non-hydrogen) atoms. The molecular formula is C19H18N6O7S2. The minimum atomic E-state index is -4.20. The number of nitrogens with one attached hydrogen (secondary N) is 1. The van der Waals surface area contributed by atoms with E-state index in [4.69, 9.17) is 10.6 Å². The number of carbonyl (C=O) groups is 3. The zero-order valence-corrected chi connectivity index (χ0v) is 19.2. The first-order chi connectivity index (χ1) is 16.2. The van der Waals surface area contributed by atoms with Gasteiger partial charge in [0.1, 0.15) is 24.5 Å². The number of nitrogens with two attached hydrogens (primary N) is 1. The van der Waals surface area contributed by atoms with Gasteiger partial charge in [-0.2, -0.15) is 0 Å². The summed E-state index contributed by atoms with van der Waals surface area (Å²) < 4.78 is 26.1. The smallest absolute Gasteiger partial charge is 0.353 e. The second-order valence-electron chi connectivity index (χ2n) is 7.23. The van der Waals surface area contributed by atoms with Crippen LogP contribution < -0.4 is 11.1 Å². The zero-order valence-electron chi connectivity index (χ0n) is 17.5. The SMILES string of the molecule is CO/N=C(/C(=O)N[C@@H]1C(=O)N2C(C(=O)O)=C(S(=O)(=O)c3cccnc3)CC[C@H]12)c1csc(N)n1. The van der Waals surface area contributed by atoms with Gasteiger partial charge in [0.2, 0.25) is 9.84 Å². The molecule has 0 radical (unpaired) electrons. The van der Waals surface area contributed by atoms with Crippen molar-refractivity contribution >= 4 is 49.8 Å². The van der Waals surface area contributed by atoms with Crippen molar-refractivity contribution in [2.75, 3.05) is 12.8 Å². The van der Waals surface area contributed by atoms with Gasteiger partial charge in [-0.05, 0) is 25.0 Å². The number of hydrogen-bond acceptors (Lipinski definition) is 11. The third-order valence-electron chi connectivity index (χ3n) is 5.31. The number of carboxylic acids is 1. The molecule has 0 aliphatic carbocycles. The lowest BCUT2D eigenvalue weighted by Crippen LogP contribution is -2.72. The number of sulfone groups is 1. The van der Waals surface area contributed by atoms with E-state index >= 15 is 0 Å². The van der Waals surface area contributed by atoms with E-state index in [0.29, 0.717) is 0 Å². The lowest BCUT2D eigenvalue weighted by molar-refractivity contribution is -0.155. The molecule has 2 aliphatic rings. The topological polar surface area (TPSA) is 194 Å². The average Bonchev–Trinajstić information content (AvgIpc) is 3.25. The maximum Gasteiger partial charge on any atom is 0.353 e. The predicted molar refractivity (Wildman–Crippen MR) is 118 cm³/mol. The highest BCUT2D eigenvalue weighted by Crippen LogP contribution is 2.40. The number of nitrogen functional groups attached to an aromatic ring is 1. The largest absolute Gasteiger partial charge is 0.477 e. The second kappa shape index (κ2) is 8.83. The Balaban J connectivity index is 1.61. The Morgan fingerprint density at radius 1 is 1.41 bits per heavy atom. The van der Waals surface area contributed by atoms with Crippen molar-refractivity contribution in [1.82, 2.24) is 20.2 Å². The highest BCUT2D eigenvalue weighted by atomic mass is 32.2. The van der Waals surface area contributed by atoms with Crippen LogP contribution in [0.5, 0.6) is 0 Å². The van der Waals surface area contributed by atoms with Crippen LogP contribution in [0.15, 0.2) is 50.6 Å². The van der Waals surface area contributed by atoms with E-state index in [1.165, 1.54) is 30.8 Å². The molecule has 2 aromatic rings. The van der Waals surface area contributed by atoms with Crippen LogP contribution in [0.3, 0.4) is 0 Å². The predicted octanol–water partition coefficient (Wildman–Crippen LogP) is -0.270. The van der Waals surface area contributed by atoms with Crippen LogP contribution in [-0.2, 0) is 29.1 Å². The number of pyridine rings is 1. The van der Waals surface area contributed by atoms with Gasteiger partial charge in [0, 0.05) is 17.8 Å². The number of fused-ring (bicyclic) bond motifs is 1. The molecule has 2 aliphatic heterocycles. The van der Waals surface area contributed by atoms with Crippen LogP contribution in [0.1, 0.15) is 18.5 Å². The molecule has 0 bridgehead atoms. The van der Waals surface area contributed by atoms with E-state index < -0.39 is 45.4 Å². The second-order valence-corrected chi connectivity index (χ2v) is 10.1. The summed E-state index contributed by atoms with van der Waals surface area (Å²) in [6.45, 7) is 0. The fourth-order valence-electron chi connectivity index (χ4n) is 3.84. The summed E-state index contributed by atoms with van der Waals surface area (Å²) in [7, 11) is -2.97. The summed E-state index contributed by atoms with van der Waals surface area (Å²) in [4.78, 5) is 50.5. The highest BCUT2D eigenvalue weighted by molar-refractivity contribution is 7.95. The van der Waals surface area contributed by atoms with Gasteiger partial charge in [0.15, 0.2) is 10.8 Å². The van der Waals surface area contributed by atoms with E-state index in [-0.39, 0.29) is 39.2 Å². The van der Waals surface area contributed by atoms with Crippen molar-refractivity contribution in [2.24, 2.45) is 5.16 Å². The number of aliphatic carboxylic acids is 1. The summed E-state index contributed by atoms with van der Waals surface area (Å²) in [6.07, 6.45) is 2.47. The number of rotatable bonds is 7. The third-order valence-corrected chi connectivity index (χ3v) is 7.89. The van der Waals surface area contributed by atoms with Gasteiger partial charge in [-0.15, -0.1) is 11.3 Å². The Kier molecular flexibility index (Phi) is 6.05. The number of anilines is 1. The van der Waals surface area contributed by atoms with Gasteiger partial charge in [-0.3, -0.25) is 19.5 Å². The standard InChI is InChI=1S/C19H18N6O7S2/c1-32-24-13(10-8-33-19(20)22-10)16(26)23-14-11-4-5-12(15(18(28)29)25(11)17(14)27)34(30,31)9-3-2-6-21-7-9/h2-3,6-8,11,14H,4-5H2,1H3,(H2,20,22)(H,23,26)(H,28,29)/b24-13+/t11-,14+/m1/s1. The number of allylic oxidation sites excluding steroid dienone is 1. The summed E-state index contributed by atoms with van der Waals surface area (Å²) in [5, 5.41) is 17.6. The summed E-state index contributed by atoms with van der Waals surface area (Å²) in [5.74, 6) is -3.10. The lowest BCUT2D eigenvalue weighted by atomic mass is 9.86. The molecule has 1 saturated heterocycles. The number of amides is 2. The number of oxime groups is 1. The normalized spacial score (nSPS) is 20.4. The van der Waals surface area contributed by atoms with Crippen molar-refractivity contribution < 1.29 is 32.7 Å². The molecule has 4 N–H and O–H groups in total. The van der Waals surface area contributed by atoms with Crippen LogP contribution in [0.25, 0.3) is 0 Å². The first-order valence-corrected chi connectivity index (χ1v) is 12.1. The number of thiazole rings is 1. The quantitative estimate of drug-likeness (QED) is 0.255. The van der Waals surface area contributed by atoms with E-state index in [0.717, 1.165) is 22.4 Å². The van der Waals surface area contributed by atoms with E-state index in [2.05, 4.69) is 20.4 Å². The van der Waals surface area contributed by atoms with E-state index in [9.17, 15) is 27.9 Å². The molecule has 13 nitrogen and oxygen atoms in total. The number of hydrogen-bond donors (Lipinski definition) is 3. The minimum Gasteiger partial charge on any atom is -0.477 e. The molecule has 1 fully saturated rings. The van der Waals surface area contributed by atoms with Crippen molar-refractivity contribution in [3.8, 4) is 0 Å². The van der Waals surface area contributed by atoms with Crippen molar-refractivity contribution in [2.45, 2.75) is 29.8 Å². The fourth-order valence-corrected chi connectivity index (χ4v) is 5.96. The molecular weight excluding hydrogens is 488 g/mol. The molecule has 4 rings (SSSR count). The lowest BCUT2D eigenvalue weighted by Gasteiger charge is -2.49. The Labute approximate surface area is 196 Å². The molecule has 2 aromatic heterocycles. The van der Waals surface area contributed by atoms with E-state index in [1.54, 1.807) is 0 Å². The Morgan fingerprint density at radius 3 is 2.76 bits per heavy atom. The van der Waals surface area contributed by atoms with Crippen molar-refractivity contribution in [3.63, 3.8) is 0 Å². The first-order valence-electron chi connectivity index (χ1n) is 9.74. The molecule has 0 saturated carbocycles. The van der Waals surface area contributed by atoms with Gasteiger partial charge >= 0.3 is 5.97 Å². The van der Waals surface area contributed by atoms with Crippen molar-refractivity contribution in [1.29, 1.82) is 0 Å². The Hall–Kier alpha value is -3.85. The van der Waals surface area contributed by atoms with Gasteiger partial charge in [-0.25, -0.2) is 18.2 Å². The Bertz CT molecular complexity index is 1340. The third kappa shape index (κ3) is 3.88. The molecule has 0 spiro atoms.